The Kier molecular flexibility index (Phi) is 34.7. The van der Waals surface area contributed by atoms with Crippen LogP contribution in [0.2, 0.25) is 0 Å². The van der Waals surface area contributed by atoms with Crippen LogP contribution in [0.1, 0.15) is 136 Å². The van der Waals surface area contributed by atoms with Gasteiger partial charge in [-0.25, -0.2) is 0 Å². The topological polar surface area (TPSA) is 228 Å². The van der Waals surface area contributed by atoms with E-state index < -0.39 is 86.8 Å². The highest BCUT2D eigenvalue weighted by Crippen LogP contribution is 2.30. The monoisotopic (exact) mass is 946 g/mol. The van der Waals surface area contributed by atoms with Gasteiger partial charge in [0.15, 0.2) is 12.6 Å². The molecule has 9 N–H and O–H groups in total. The minimum absolute atomic E-state index is 0.234. The van der Waals surface area contributed by atoms with Gasteiger partial charge in [-0.3, -0.25) is 4.79 Å². The van der Waals surface area contributed by atoms with Gasteiger partial charge >= 0.3 is 0 Å². The van der Waals surface area contributed by atoms with Crippen LogP contribution in [0.4, 0.5) is 0 Å². The smallest absolute Gasteiger partial charge is 0.220 e. The van der Waals surface area contributed by atoms with Gasteiger partial charge in [0.05, 0.1) is 32.0 Å². The number of aliphatic hydroxyl groups excluding tert-OH is 8. The average molecular weight is 946 g/mol. The van der Waals surface area contributed by atoms with Gasteiger partial charge in [-0.2, -0.15) is 0 Å². The number of nitrogens with one attached hydrogen (secondary N) is 1. The molecule has 0 spiro atoms. The molecule has 2 fully saturated rings. The Balaban J connectivity index is 1.78. The molecule has 0 aromatic carbocycles. The SMILES string of the molecule is CC/C=C\C/C=C\C/C=C\C/C=C\C/C=C\C/C=C\C/C=C\CCCCCC(=O)NC(COC1OC(CO)C(OC2OC(CO)C(O)C(O)C2O)C(O)C1O)C(O)/C=C/CCCCCCCC. The number of unbranched alkanes of at least 4 members (excludes halogenated alkanes) is 9. The molecule has 14 heteroatoms. The second-order valence-corrected chi connectivity index (χ2v) is 17.2. The Hall–Kier alpha value is -3.09. The first-order chi connectivity index (χ1) is 32.6. The number of rotatable bonds is 36. The Morgan fingerprint density at radius 2 is 1.03 bits per heavy atom. The van der Waals surface area contributed by atoms with Crippen LogP contribution in [0, 0.1) is 0 Å². The second kappa shape index (κ2) is 38.7. The van der Waals surface area contributed by atoms with Crippen molar-refractivity contribution in [2.24, 2.45) is 0 Å². The molecule has 0 aromatic rings. The normalized spacial score (nSPS) is 27.4. The zero-order valence-corrected chi connectivity index (χ0v) is 40.3. The summed E-state index contributed by atoms with van der Waals surface area (Å²) in [5.41, 5.74) is 0. The van der Waals surface area contributed by atoms with Crippen molar-refractivity contribution in [2.45, 2.75) is 209 Å². The molecule has 2 aliphatic rings. The van der Waals surface area contributed by atoms with Crippen LogP contribution in [0.5, 0.6) is 0 Å². The van der Waals surface area contributed by atoms with Crippen LogP contribution >= 0.6 is 0 Å². The zero-order valence-electron chi connectivity index (χ0n) is 40.3. The molecular formula is C53H87NO13. The minimum Gasteiger partial charge on any atom is -0.394 e. The van der Waals surface area contributed by atoms with E-state index in [1.54, 1.807) is 6.08 Å². The van der Waals surface area contributed by atoms with E-state index in [0.717, 1.165) is 89.9 Å². The molecule has 12 atom stereocenters. The molecule has 382 valence electrons. The number of carbonyl (C=O) groups excluding carboxylic acids is 1. The number of ether oxygens (including phenoxy) is 4. The van der Waals surface area contributed by atoms with Crippen molar-refractivity contribution in [3.63, 3.8) is 0 Å². The third-order valence-corrected chi connectivity index (χ3v) is 11.5. The van der Waals surface area contributed by atoms with Gasteiger partial charge in [0.2, 0.25) is 5.91 Å². The maximum absolute atomic E-state index is 13.1. The number of hydrogen-bond acceptors (Lipinski definition) is 13. The van der Waals surface area contributed by atoms with Crippen LogP contribution in [0.15, 0.2) is 97.2 Å². The summed E-state index contributed by atoms with van der Waals surface area (Å²) in [5.74, 6) is -0.281. The Bertz CT molecular complexity index is 1490. The van der Waals surface area contributed by atoms with E-state index in [2.05, 4.69) is 104 Å². The molecule has 0 aromatic heterocycles. The molecule has 67 heavy (non-hydrogen) atoms. The van der Waals surface area contributed by atoms with Gasteiger partial charge in [0.1, 0.15) is 48.8 Å². The first-order valence-electron chi connectivity index (χ1n) is 25.0. The molecule has 0 saturated carbocycles. The third kappa shape index (κ3) is 25.9. The minimum atomic E-state index is -1.79. The lowest BCUT2D eigenvalue weighted by atomic mass is 9.97. The molecule has 2 aliphatic heterocycles. The zero-order chi connectivity index (χ0) is 48.9. The molecule has 1 amide bonds. The fourth-order valence-corrected chi connectivity index (χ4v) is 7.44. The van der Waals surface area contributed by atoms with Crippen molar-refractivity contribution >= 4 is 5.91 Å². The van der Waals surface area contributed by atoms with Crippen molar-refractivity contribution in [2.75, 3.05) is 19.8 Å². The van der Waals surface area contributed by atoms with E-state index in [1.165, 1.54) is 19.3 Å². The number of carbonyl (C=O) groups is 1. The molecule has 14 nitrogen and oxygen atoms in total. The second-order valence-electron chi connectivity index (χ2n) is 17.2. The molecule has 12 unspecified atom stereocenters. The van der Waals surface area contributed by atoms with Gasteiger partial charge in [0.25, 0.3) is 0 Å². The summed E-state index contributed by atoms with van der Waals surface area (Å²) in [7, 11) is 0. The highest BCUT2D eigenvalue weighted by molar-refractivity contribution is 5.76. The van der Waals surface area contributed by atoms with Crippen LogP contribution in [0.25, 0.3) is 0 Å². The fourth-order valence-electron chi connectivity index (χ4n) is 7.44. The van der Waals surface area contributed by atoms with Gasteiger partial charge in [-0.15, -0.1) is 0 Å². The third-order valence-electron chi connectivity index (χ3n) is 11.5. The highest BCUT2D eigenvalue weighted by atomic mass is 16.7. The number of aliphatic hydroxyl groups is 8. The Morgan fingerprint density at radius 3 is 1.58 bits per heavy atom. The number of amides is 1. The van der Waals surface area contributed by atoms with E-state index in [1.807, 2.05) is 6.08 Å². The summed E-state index contributed by atoms with van der Waals surface area (Å²) in [5, 5.41) is 86.4. The maximum Gasteiger partial charge on any atom is 0.220 e. The lowest BCUT2D eigenvalue weighted by Gasteiger charge is -2.46. The predicted molar refractivity (Wildman–Crippen MR) is 262 cm³/mol. The summed E-state index contributed by atoms with van der Waals surface area (Å²) in [4.78, 5) is 13.1. The molecule has 2 saturated heterocycles. The molecule has 0 bridgehead atoms. The largest absolute Gasteiger partial charge is 0.394 e. The Morgan fingerprint density at radius 1 is 0.552 bits per heavy atom. The van der Waals surface area contributed by atoms with Crippen molar-refractivity contribution in [1.29, 1.82) is 0 Å². The summed E-state index contributed by atoms with van der Waals surface area (Å²) in [6.07, 6.45) is 34.7. The first kappa shape index (κ1) is 60.0. The summed E-state index contributed by atoms with van der Waals surface area (Å²) in [6, 6.07) is -0.936. The average Bonchev–Trinajstić information content (AvgIpc) is 3.32. The van der Waals surface area contributed by atoms with Crippen molar-refractivity contribution < 1.29 is 64.6 Å². The van der Waals surface area contributed by atoms with E-state index in [0.29, 0.717) is 6.42 Å². The van der Waals surface area contributed by atoms with Crippen molar-refractivity contribution in [3.05, 3.63) is 97.2 Å². The lowest BCUT2D eigenvalue weighted by molar-refractivity contribution is -0.359. The lowest BCUT2D eigenvalue weighted by Crippen LogP contribution is -2.65. The van der Waals surface area contributed by atoms with E-state index in [9.17, 15) is 45.6 Å². The predicted octanol–water partition coefficient (Wildman–Crippen LogP) is 6.37. The van der Waals surface area contributed by atoms with E-state index in [-0.39, 0.29) is 18.9 Å². The summed E-state index contributed by atoms with van der Waals surface area (Å²) >= 11 is 0. The van der Waals surface area contributed by atoms with Gasteiger partial charge in [0, 0.05) is 6.42 Å². The van der Waals surface area contributed by atoms with Crippen LogP contribution in [-0.4, -0.2) is 140 Å². The van der Waals surface area contributed by atoms with E-state index >= 15 is 0 Å². The van der Waals surface area contributed by atoms with Gasteiger partial charge < -0.3 is 65.1 Å². The van der Waals surface area contributed by atoms with Gasteiger partial charge in [-0.1, -0.05) is 150 Å². The Labute approximate surface area is 401 Å². The molecule has 2 heterocycles. The quantitative estimate of drug-likeness (QED) is 0.0246. The van der Waals surface area contributed by atoms with Crippen molar-refractivity contribution in [3.8, 4) is 0 Å². The molecular weight excluding hydrogens is 859 g/mol. The van der Waals surface area contributed by atoms with Gasteiger partial charge in [-0.05, 0) is 77.0 Å². The highest BCUT2D eigenvalue weighted by Gasteiger charge is 2.51. The van der Waals surface area contributed by atoms with Crippen LogP contribution in [-0.2, 0) is 23.7 Å². The standard InChI is InChI=1S/C53H87NO13/c1-3-5-7-9-11-13-14-15-16-17-18-19-20-21-22-23-24-25-26-27-28-29-31-33-35-37-45(58)54-41(42(57)36-34-32-30-12-10-8-6-4-2)40-64-52-50(63)48(61)51(44(39-56)66-52)67-53-49(62)47(60)46(59)43(38-55)65-53/h5,7,11,13,15-16,18-19,21-22,24-25,27-28,34,36,41-44,46-53,55-57,59-63H,3-4,6,8-10,12,14,17,20,23,26,29-33,35,37-40H2,1-2H3,(H,54,58)/b7-5-,13-11-,16-15-,19-18-,22-21-,25-24-,28-27-,36-34+. The first-order valence-corrected chi connectivity index (χ1v) is 25.0. The fraction of sp³-hybridized carbons (Fsp3) is 0.679. The summed E-state index contributed by atoms with van der Waals surface area (Å²) < 4.78 is 22.6. The maximum atomic E-state index is 13.1. The number of hydrogen-bond donors (Lipinski definition) is 9. The van der Waals surface area contributed by atoms with Crippen LogP contribution < -0.4 is 5.32 Å². The molecule has 0 radical (unpaired) electrons. The summed E-state index contributed by atoms with van der Waals surface area (Å²) in [6.45, 7) is 2.56. The number of allylic oxidation sites excluding steroid dienone is 15. The molecule has 0 aliphatic carbocycles. The van der Waals surface area contributed by atoms with Crippen LogP contribution in [0.3, 0.4) is 0 Å². The van der Waals surface area contributed by atoms with Crippen molar-refractivity contribution in [1.82, 2.24) is 5.32 Å². The van der Waals surface area contributed by atoms with E-state index in [4.69, 9.17) is 18.9 Å². The molecule has 2 rings (SSSR count).